The summed E-state index contributed by atoms with van der Waals surface area (Å²) in [5.74, 6) is 0.169. The number of hydrogen-bond acceptors (Lipinski definition) is 6. The molecule has 31 heavy (non-hydrogen) atoms. The third-order valence-electron chi connectivity index (χ3n) is 4.70. The van der Waals surface area contributed by atoms with Crippen LogP contribution in [0.15, 0.2) is 36.5 Å². The summed E-state index contributed by atoms with van der Waals surface area (Å²) in [6.07, 6.45) is -3.16. The number of aromatic nitrogens is 3. The molecule has 0 bridgehead atoms. The highest BCUT2D eigenvalue weighted by atomic mass is 32.1. The maximum Gasteiger partial charge on any atom is 0.418 e. The molecule has 0 spiro atoms. The topological polar surface area (TPSA) is 91.9 Å². The Balaban J connectivity index is 1.65. The van der Waals surface area contributed by atoms with Crippen molar-refractivity contribution in [3.05, 3.63) is 42.1 Å². The highest BCUT2D eigenvalue weighted by molar-refractivity contribution is 7.23. The van der Waals surface area contributed by atoms with Crippen LogP contribution in [-0.4, -0.2) is 33.7 Å². The summed E-state index contributed by atoms with van der Waals surface area (Å²) in [7, 11) is 1.54. The van der Waals surface area contributed by atoms with Crippen LogP contribution < -0.4 is 15.4 Å². The van der Waals surface area contributed by atoms with Crippen molar-refractivity contribution in [3.63, 3.8) is 0 Å². The minimum absolute atomic E-state index is 0.0692. The fourth-order valence-electron chi connectivity index (χ4n) is 3.13. The first-order chi connectivity index (χ1) is 14.6. The van der Waals surface area contributed by atoms with Crippen molar-refractivity contribution in [2.75, 3.05) is 17.7 Å². The van der Waals surface area contributed by atoms with Gasteiger partial charge in [-0.15, -0.1) is 0 Å². The number of aromatic amines is 1. The van der Waals surface area contributed by atoms with Crippen molar-refractivity contribution >= 4 is 49.2 Å². The molecule has 3 N–H and O–H groups in total. The highest BCUT2D eigenvalue weighted by Crippen LogP contribution is 2.41. The molecular weight excluding hydrogens is 431 g/mol. The molecule has 0 aliphatic carbocycles. The van der Waals surface area contributed by atoms with Crippen LogP contribution in [0.25, 0.3) is 21.1 Å². The minimum atomic E-state index is -4.60. The van der Waals surface area contributed by atoms with E-state index in [2.05, 4.69) is 25.8 Å². The summed E-state index contributed by atoms with van der Waals surface area (Å²) in [4.78, 5) is 17.0. The molecule has 0 atom stereocenters. The Kier molecular flexibility index (Phi) is 5.00. The van der Waals surface area contributed by atoms with Gasteiger partial charge in [-0.3, -0.25) is 15.2 Å². The lowest BCUT2D eigenvalue weighted by Gasteiger charge is -2.26. The number of amides is 1. The van der Waals surface area contributed by atoms with Crippen molar-refractivity contribution in [1.29, 1.82) is 0 Å². The number of carbonyl (C=O) groups excluding carboxylic acids is 1. The summed E-state index contributed by atoms with van der Waals surface area (Å²) >= 11 is 0.968. The smallest absolute Gasteiger partial charge is 0.418 e. The molecule has 0 fully saturated rings. The van der Waals surface area contributed by atoms with Crippen LogP contribution in [0, 0.1) is 0 Å². The number of carbonyl (C=O) groups is 1. The van der Waals surface area contributed by atoms with Gasteiger partial charge in [-0.2, -0.15) is 18.3 Å². The van der Waals surface area contributed by atoms with E-state index in [1.807, 2.05) is 0 Å². The number of alkyl halides is 3. The number of halogens is 3. The van der Waals surface area contributed by atoms with Gasteiger partial charge < -0.3 is 10.1 Å². The van der Waals surface area contributed by atoms with Crippen LogP contribution in [-0.2, 0) is 11.0 Å². The van der Waals surface area contributed by atoms with Crippen molar-refractivity contribution in [3.8, 4) is 5.75 Å². The molecule has 0 unspecified atom stereocenters. The van der Waals surface area contributed by atoms with E-state index in [9.17, 15) is 18.0 Å². The van der Waals surface area contributed by atoms with Gasteiger partial charge in [0.25, 0.3) is 5.91 Å². The zero-order valence-electron chi connectivity index (χ0n) is 16.7. The van der Waals surface area contributed by atoms with Crippen LogP contribution in [0.5, 0.6) is 5.75 Å². The maximum absolute atomic E-state index is 13.5. The molecule has 2 aromatic carbocycles. The molecule has 2 aromatic heterocycles. The first kappa shape index (κ1) is 20.9. The van der Waals surface area contributed by atoms with E-state index in [0.29, 0.717) is 21.5 Å². The molecule has 0 saturated heterocycles. The predicted molar refractivity (Wildman–Crippen MR) is 114 cm³/mol. The summed E-state index contributed by atoms with van der Waals surface area (Å²) in [5.41, 5.74) is -1.28. The Hall–Kier alpha value is -3.34. The number of fused-ring (bicyclic) bond motifs is 3. The molecule has 0 aliphatic rings. The second kappa shape index (κ2) is 7.41. The molecule has 162 valence electrons. The van der Waals surface area contributed by atoms with Gasteiger partial charge in [0, 0.05) is 17.1 Å². The average Bonchev–Trinajstić information content (AvgIpc) is 3.32. The zero-order chi connectivity index (χ0) is 22.4. The zero-order valence-corrected chi connectivity index (χ0v) is 17.5. The Morgan fingerprint density at radius 3 is 2.71 bits per heavy atom. The molecule has 4 aromatic rings. The van der Waals surface area contributed by atoms with Gasteiger partial charge in [-0.05, 0) is 32.0 Å². The number of H-pyrrole nitrogens is 1. The highest BCUT2D eigenvalue weighted by Gasteiger charge is 2.36. The quantitative estimate of drug-likeness (QED) is 0.398. The van der Waals surface area contributed by atoms with E-state index in [1.165, 1.54) is 13.3 Å². The monoisotopic (exact) mass is 449 g/mol. The first-order valence-corrected chi connectivity index (χ1v) is 9.97. The third kappa shape index (κ3) is 4.00. The summed E-state index contributed by atoms with van der Waals surface area (Å²) in [6.45, 7) is 3.31. The Morgan fingerprint density at radius 1 is 1.23 bits per heavy atom. The fraction of sp³-hybridized carbons (Fsp3) is 0.250. The Morgan fingerprint density at radius 2 is 2.00 bits per heavy atom. The van der Waals surface area contributed by atoms with Gasteiger partial charge >= 0.3 is 6.18 Å². The van der Waals surface area contributed by atoms with E-state index in [-0.39, 0.29) is 16.2 Å². The van der Waals surface area contributed by atoms with Gasteiger partial charge in [0.15, 0.2) is 5.13 Å². The van der Waals surface area contributed by atoms with Crippen molar-refractivity contribution in [2.24, 2.45) is 0 Å². The van der Waals surface area contributed by atoms with Gasteiger partial charge in [-0.1, -0.05) is 17.4 Å². The van der Waals surface area contributed by atoms with Crippen LogP contribution >= 0.6 is 11.3 Å². The number of nitrogens with one attached hydrogen (secondary N) is 3. The number of benzene rings is 2. The van der Waals surface area contributed by atoms with E-state index >= 15 is 0 Å². The SMILES string of the molecule is COc1cccc(NC(C)(C)C(=O)Nc2nc3c(C(F)(F)F)cc4[nH]ncc4c3s2)c1. The molecule has 11 heteroatoms. The third-order valence-corrected chi connectivity index (χ3v) is 5.71. The maximum atomic E-state index is 13.5. The molecule has 0 aliphatic heterocycles. The summed E-state index contributed by atoms with van der Waals surface area (Å²) in [6, 6.07) is 8.04. The van der Waals surface area contributed by atoms with Crippen molar-refractivity contribution < 1.29 is 22.7 Å². The molecule has 2 heterocycles. The van der Waals surface area contributed by atoms with E-state index in [4.69, 9.17) is 4.74 Å². The molecule has 1 amide bonds. The molecule has 0 saturated carbocycles. The standard InChI is InChI=1S/C20H18F3N5O2S/c1-19(2,27-10-5-4-6-11(7-10)30-3)17(29)26-18-25-15-13(20(21,22)23)8-14-12(9-24-28-14)16(15)31-18/h4-9,27H,1-3H3,(H,24,28)(H,25,26,29). The molecule has 4 rings (SSSR count). The van der Waals surface area contributed by atoms with Crippen molar-refractivity contribution in [2.45, 2.75) is 25.6 Å². The summed E-state index contributed by atoms with van der Waals surface area (Å²) < 4.78 is 46.1. The number of nitrogens with zero attached hydrogens (tertiary/aromatic N) is 2. The van der Waals surface area contributed by atoms with Crippen LogP contribution in [0.4, 0.5) is 24.0 Å². The second-order valence-electron chi connectivity index (χ2n) is 7.39. The van der Waals surface area contributed by atoms with E-state index in [0.717, 1.165) is 17.4 Å². The van der Waals surface area contributed by atoms with E-state index < -0.39 is 23.2 Å². The van der Waals surface area contributed by atoms with Crippen LogP contribution in [0.3, 0.4) is 0 Å². The average molecular weight is 449 g/mol. The lowest BCUT2D eigenvalue weighted by atomic mass is 10.0. The van der Waals surface area contributed by atoms with Crippen LogP contribution in [0.2, 0.25) is 0 Å². The number of rotatable bonds is 5. The van der Waals surface area contributed by atoms with Gasteiger partial charge in [0.05, 0.1) is 34.6 Å². The van der Waals surface area contributed by atoms with Gasteiger partial charge in [0.1, 0.15) is 11.3 Å². The normalized spacial score (nSPS) is 12.3. The number of methoxy groups -OCH3 is 1. The molecule has 7 nitrogen and oxygen atoms in total. The lowest BCUT2D eigenvalue weighted by molar-refractivity contribution is -0.136. The molecular formula is C20H18F3N5O2S. The number of thiazole rings is 1. The minimum Gasteiger partial charge on any atom is -0.497 e. The van der Waals surface area contributed by atoms with Crippen molar-refractivity contribution in [1.82, 2.24) is 15.2 Å². The first-order valence-electron chi connectivity index (χ1n) is 9.16. The van der Waals surface area contributed by atoms with Crippen LogP contribution in [0.1, 0.15) is 19.4 Å². The Bertz CT molecular complexity index is 1280. The van der Waals surface area contributed by atoms with E-state index in [1.54, 1.807) is 38.1 Å². The van der Waals surface area contributed by atoms with Gasteiger partial charge in [-0.25, -0.2) is 4.98 Å². The molecule has 0 radical (unpaired) electrons. The predicted octanol–water partition coefficient (Wildman–Crippen LogP) is 5.03. The van der Waals surface area contributed by atoms with Gasteiger partial charge in [0.2, 0.25) is 0 Å². The number of ether oxygens (including phenoxy) is 1. The second-order valence-corrected chi connectivity index (χ2v) is 8.39. The number of anilines is 2. The Labute approximate surface area is 178 Å². The summed E-state index contributed by atoms with van der Waals surface area (Å²) in [5, 5.41) is 12.7. The fourth-order valence-corrected chi connectivity index (χ4v) is 4.13. The largest absolute Gasteiger partial charge is 0.497 e. The number of hydrogen-bond donors (Lipinski definition) is 3. The lowest BCUT2D eigenvalue weighted by Crippen LogP contribution is -2.44.